The minimum Gasteiger partial charge on any atom is -0.462 e. The largest absolute Gasteiger partial charge is 0.513 e. The van der Waals surface area contributed by atoms with Crippen molar-refractivity contribution in [2.24, 2.45) is 0 Å². The van der Waals surface area contributed by atoms with Gasteiger partial charge in [0.05, 0.1) is 13.2 Å². The van der Waals surface area contributed by atoms with Crippen LogP contribution in [0.4, 0.5) is 4.79 Å². The summed E-state index contributed by atoms with van der Waals surface area (Å²) < 4.78 is 15.5. The van der Waals surface area contributed by atoms with Crippen molar-refractivity contribution in [1.29, 1.82) is 0 Å². The average molecular weight is 382 g/mol. The molecule has 2 rings (SSSR count). The number of para-hydroxylation sites is 1. The van der Waals surface area contributed by atoms with Crippen molar-refractivity contribution in [3.8, 4) is 16.9 Å². The van der Waals surface area contributed by atoms with Crippen molar-refractivity contribution >= 4 is 12.1 Å². The van der Waals surface area contributed by atoms with Gasteiger partial charge in [-0.2, -0.15) is 0 Å². The van der Waals surface area contributed by atoms with Crippen LogP contribution in [0, 0.1) is 0 Å². The number of unbranched alkanes of at least 4 members (excludes halogenated alkanes) is 3. The molecule has 2 aromatic carbocycles. The molecule has 5 heteroatoms. The van der Waals surface area contributed by atoms with Crippen LogP contribution in [-0.2, 0) is 14.3 Å². The Balaban J connectivity index is 1.66. The second-order valence-electron chi connectivity index (χ2n) is 6.39. The number of rotatable bonds is 10. The molecule has 0 saturated heterocycles. The van der Waals surface area contributed by atoms with Crippen LogP contribution < -0.4 is 4.74 Å². The summed E-state index contributed by atoms with van der Waals surface area (Å²) in [5.41, 5.74) is 2.21. The zero-order valence-electron chi connectivity index (χ0n) is 16.2. The molecule has 5 nitrogen and oxygen atoms in total. The van der Waals surface area contributed by atoms with E-state index in [4.69, 9.17) is 14.2 Å². The molecule has 0 aliphatic rings. The van der Waals surface area contributed by atoms with Crippen molar-refractivity contribution in [2.45, 2.75) is 32.6 Å². The third-order valence-electron chi connectivity index (χ3n) is 4.01. The SMILES string of the molecule is C=C(C)C(=O)OCCCCCCOC(=O)Oc1ccccc1-c1ccccc1. The summed E-state index contributed by atoms with van der Waals surface area (Å²) in [6, 6.07) is 17.1. The molecule has 0 bridgehead atoms. The number of hydrogen-bond donors (Lipinski definition) is 0. The lowest BCUT2D eigenvalue weighted by atomic mass is 10.1. The number of esters is 1. The fraction of sp³-hybridized carbons (Fsp3) is 0.304. The molecule has 0 fully saturated rings. The van der Waals surface area contributed by atoms with Gasteiger partial charge in [-0.15, -0.1) is 0 Å². The Bertz CT molecular complexity index is 783. The molecule has 0 aliphatic carbocycles. The molecular weight excluding hydrogens is 356 g/mol. The van der Waals surface area contributed by atoms with Crippen LogP contribution in [0.3, 0.4) is 0 Å². The van der Waals surface area contributed by atoms with E-state index in [1.165, 1.54) is 0 Å². The summed E-state index contributed by atoms with van der Waals surface area (Å²) in [6.07, 6.45) is 2.55. The van der Waals surface area contributed by atoms with Crippen molar-refractivity contribution in [1.82, 2.24) is 0 Å². The standard InChI is InChI=1S/C23H26O5/c1-18(2)22(24)26-16-10-3-4-11-17-27-23(25)28-21-15-9-8-14-20(21)19-12-6-5-7-13-19/h5-9,12-15H,1,3-4,10-11,16-17H2,2H3. The van der Waals surface area contributed by atoms with Gasteiger partial charge in [-0.3, -0.25) is 0 Å². The van der Waals surface area contributed by atoms with Gasteiger partial charge in [0.15, 0.2) is 0 Å². The van der Waals surface area contributed by atoms with Gasteiger partial charge in [-0.1, -0.05) is 55.1 Å². The number of hydrogen-bond acceptors (Lipinski definition) is 5. The van der Waals surface area contributed by atoms with E-state index < -0.39 is 6.16 Å². The zero-order valence-corrected chi connectivity index (χ0v) is 16.2. The Morgan fingerprint density at radius 1 is 0.821 bits per heavy atom. The van der Waals surface area contributed by atoms with Gasteiger partial charge in [0.1, 0.15) is 5.75 Å². The molecule has 0 radical (unpaired) electrons. The minimum absolute atomic E-state index is 0.290. The molecular formula is C23H26O5. The smallest absolute Gasteiger partial charge is 0.462 e. The molecule has 0 heterocycles. The summed E-state index contributed by atoms with van der Waals surface area (Å²) in [7, 11) is 0. The normalized spacial score (nSPS) is 10.2. The lowest BCUT2D eigenvalue weighted by Crippen LogP contribution is -2.12. The quantitative estimate of drug-likeness (QED) is 0.233. The van der Waals surface area contributed by atoms with Crippen molar-refractivity contribution in [3.05, 3.63) is 66.7 Å². The molecule has 148 valence electrons. The maximum atomic E-state index is 12.0. The third-order valence-corrected chi connectivity index (χ3v) is 4.01. The van der Waals surface area contributed by atoms with Gasteiger partial charge < -0.3 is 14.2 Å². The van der Waals surface area contributed by atoms with E-state index in [1.54, 1.807) is 13.0 Å². The highest BCUT2D eigenvalue weighted by atomic mass is 16.7. The summed E-state index contributed by atoms with van der Waals surface area (Å²) in [6.45, 7) is 5.82. The highest BCUT2D eigenvalue weighted by Crippen LogP contribution is 2.29. The summed E-state index contributed by atoms with van der Waals surface area (Å²) in [5.74, 6) is 0.111. The molecule has 0 amide bonds. The monoisotopic (exact) mass is 382 g/mol. The predicted molar refractivity (Wildman–Crippen MR) is 108 cm³/mol. The van der Waals surface area contributed by atoms with Crippen LogP contribution in [0.5, 0.6) is 5.75 Å². The summed E-state index contributed by atoms with van der Waals surface area (Å²) in [4.78, 5) is 23.2. The number of benzene rings is 2. The molecule has 2 aromatic rings. The molecule has 0 N–H and O–H groups in total. The Hall–Kier alpha value is -3.08. The van der Waals surface area contributed by atoms with Crippen molar-refractivity contribution in [3.63, 3.8) is 0 Å². The first-order valence-electron chi connectivity index (χ1n) is 9.39. The van der Waals surface area contributed by atoms with E-state index >= 15 is 0 Å². The van der Waals surface area contributed by atoms with Gasteiger partial charge in [-0.05, 0) is 44.2 Å². The molecule has 0 spiro atoms. The van der Waals surface area contributed by atoms with E-state index in [2.05, 4.69) is 6.58 Å². The molecule has 0 saturated carbocycles. The maximum absolute atomic E-state index is 12.0. The fourth-order valence-corrected chi connectivity index (χ4v) is 2.53. The van der Waals surface area contributed by atoms with Gasteiger partial charge in [0.2, 0.25) is 0 Å². The minimum atomic E-state index is -0.709. The molecule has 0 aliphatic heterocycles. The van der Waals surface area contributed by atoms with Gasteiger partial charge in [-0.25, -0.2) is 9.59 Å². The molecule has 0 atom stereocenters. The van der Waals surface area contributed by atoms with Crippen molar-refractivity contribution in [2.75, 3.05) is 13.2 Å². The summed E-state index contributed by atoms with van der Waals surface area (Å²) in [5, 5.41) is 0. The highest BCUT2D eigenvalue weighted by molar-refractivity contribution is 5.86. The number of carbonyl (C=O) groups excluding carboxylic acids is 2. The van der Waals surface area contributed by atoms with Crippen LogP contribution in [0.25, 0.3) is 11.1 Å². The van der Waals surface area contributed by atoms with E-state index in [1.807, 2.05) is 48.5 Å². The van der Waals surface area contributed by atoms with E-state index in [-0.39, 0.29) is 12.6 Å². The second-order valence-corrected chi connectivity index (χ2v) is 6.39. The first-order chi connectivity index (χ1) is 13.6. The molecule has 0 aromatic heterocycles. The molecule has 28 heavy (non-hydrogen) atoms. The Labute approximate surface area is 165 Å². The van der Waals surface area contributed by atoms with Crippen LogP contribution in [0.1, 0.15) is 32.6 Å². The number of ether oxygens (including phenoxy) is 3. The Morgan fingerprint density at radius 2 is 1.43 bits per heavy atom. The van der Waals surface area contributed by atoms with Crippen molar-refractivity contribution < 1.29 is 23.8 Å². The van der Waals surface area contributed by atoms with Crippen LogP contribution in [0.2, 0.25) is 0 Å². The van der Waals surface area contributed by atoms with Crippen LogP contribution in [0.15, 0.2) is 66.7 Å². The van der Waals surface area contributed by atoms with Crippen LogP contribution >= 0.6 is 0 Å². The van der Waals surface area contributed by atoms with E-state index in [0.29, 0.717) is 17.9 Å². The first-order valence-corrected chi connectivity index (χ1v) is 9.39. The lowest BCUT2D eigenvalue weighted by Gasteiger charge is -2.10. The summed E-state index contributed by atoms with van der Waals surface area (Å²) >= 11 is 0. The third kappa shape index (κ3) is 7.27. The van der Waals surface area contributed by atoms with Gasteiger partial charge in [0.25, 0.3) is 0 Å². The van der Waals surface area contributed by atoms with E-state index in [9.17, 15) is 9.59 Å². The second kappa shape index (κ2) is 11.6. The number of carbonyl (C=O) groups is 2. The van der Waals surface area contributed by atoms with E-state index in [0.717, 1.165) is 36.8 Å². The molecule has 0 unspecified atom stereocenters. The Morgan fingerprint density at radius 3 is 2.11 bits per heavy atom. The predicted octanol–water partition coefficient (Wildman–Crippen LogP) is 5.55. The topological polar surface area (TPSA) is 61.8 Å². The van der Waals surface area contributed by atoms with Crippen LogP contribution in [-0.4, -0.2) is 25.3 Å². The lowest BCUT2D eigenvalue weighted by molar-refractivity contribution is -0.139. The average Bonchev–Trinajstić information content (AvgIpc) is 2.70. The highest BCUT2D eigenvalue weighted by Gasteiger charge is 2.11. The first kappa shape index (κ1) is 21.2. The van der Waals surface area contributed by atoms with Gasteiger partial charge in [0, 0.05) is 11.1 Å². The maximum Gasteiger partial charge on any atom is 0.513 e. The Kier molecular flexibility index (Phi) is 8.79. The van der Waals surface area contributed by atoms with Gasteiger partial charge >= 0.3 is 12.1 Å². The zero-order chi connectivity index (χ0) is 20.2. The fourth-order valence-electron chi connectivity index (χ4n) is 2.53.